The maximum Gasteiger partial charge on any atom is 0.256 e. The van der Waals surface area contributed by atoms with Gasteiger partial charge in [-0.05, 0) is 30.7 Å². The van der Waals surface area contributed by atoms with Gasteiger partial charge < -0.3 is 4.90 Å². The molecule has 0 aromatic heterocycles. The number of hydrogen-bond donors (Lipinski definition) is 0. The summed E-state index contributed by atoms with van der Waals surface area (Å²) in [4.78, 5) is 13.9. The van der Waals surface area contributed by atoms with Crippen molar-refractivity contribution in [2.45, 2.75) is 16.6 Å². The lowest BCUT2D eigenvalue weighted by atomic mass is 10.2. The van der Waals surface area contributed by atoms with Gasteiger partial charge in [0.2, 0.25) is 0 Å². The molecule has 0 radical (unpaired) electrons. The average molecular weight is 351 g/mol. The Bertz CT molecular complexity index is 869. The van der Waals surface area contributed by atoms with Gasteiger partial charge in [-0.25, -0.2) is 17.2 Å². The Morgan fingerprint density at radius 1 is 1.08 bits per heavy atom. The van der Waals surface area contributed by atoms with Gasteiger partial charge in [0.25, 0.3) is 5.91 Å². The minimum Gasteiger partial charge on any atom is -0.337 e. The largest absolute Gasteiger partial charge is 0.337 e. The monoisotopic (exact) mass is 351 g/mol. The van der Waals surface area contributed by atoms with Gasteiger partial charge in [0, 0.05) is 19.2 Å². The molecule has 0 aliphatic carbocycles. The number of carbonyl (C=O) groups excluding carboxylic acids is 1. The zero-order valence-corrected chi connectivity index (χ0v) is 13.5. The van der Waals surface area contributed by atoms with Gasteiger partial charge in [0.1, 0.15) is 11.6 Å². The van der Waals surface area contributed by atoms with Crippen molar-refractivity contribution in [3.05, 3.63) is 65.7 Å². The van der Waals surface area contributed by atoms with E-state index in [4.69, 9.17) is 0 Å². The van der Waals surface area contributed by atoms with Crippen molar-refractivity contribution in [3.8, 4) is 0 Å². The SMILES string of the molecule is O=C(c1ccc(F)cc1F)N1CCC(S(=O)(=O)c2ccccc2)C1. The lowest BCUT2D eigenvalue weighted by molar-refractivity contribution is 0.0788. The summed E-state index contributed by atoms with van der Waals surface area (Å²) in [6.45, 7) is 0.208. The summed E-state index contributed by atoms with van der Waals surface area (Å²) in [7, 11) is -3.55. The highest BCUT2D eigenvalue weighted by Gasteiger charge is 2.36. The van der Waals surface area contributed by atoms with Crippen LogP contribution in [0.4, 0.5) is 8.78 Å². The molecule has 0 spiro atoms. The Kier molecular flexibility index (Phi) is 4.36. The third-order valence-corrected chi connectivity index (χ3v) is 6.30. The van der Waals surface area contributed by atoms with Gasteiger partial charge in [-0.3, -0.25) is 4.79 Å². The van der Waals surface area contributed by atoms with Crippen LogP contribution in [0.1, 0.15) is 16.8 Å². The Hall–Kier alpha value is -2.28. The van der Waals surface area contributed by atoms with Crippen molar-refractivity contribution in [3.63, 3.8) is 0 Å². The first-order valence-electron chi connectivity index (χ1n) is 7.43. The molecule has 3 rings (SSSR count). The van der Waals surface area contributed by atoms with Crippen LogP contribution in [0.5, 0.6) is 0 Å². The molecule has 1 aliphatic heterocycles. The molecule has 1 atom stereocenters. The number of carbonyl (C=O) groups is 1. The fraction of sp³-hybridized carbons (Fsp3) is 0.235. The van der Waals surface area contributed by atoms with Crippen LogP contribution in [0.2, 0.25) is 0 Å². The number of amides is 1. The van der Waals surface area contributed by atoms with Crippen LogP contribution < -0.4 is 0 Å². The highest BCUT2D eigenvalue weighted by molar-refractivity contribution is 7.92. The number of benzene rings is 2. The normalized spacial score (nSPS) is 17.9. The molecule has 1 aliphatic rings. The number of hydrogen-bond acceptors (Lipinski definition) is 3. The fourth-order valence-electron chi connectivity index (χ4n) is 2.80. The molecular weight excluding hydrogens is 336 g/mol. The first-order chi connectivity index (χ1) is 11.4. The first-order valence-corrected chi connectivity index (χ1v) is 8.97. The van der Waals surface area contributed by atoms with Crippen LogP contribution in [0.3, 0.4) is 0 Å². The van der Waals surface area contributed by atoms with Crippen LogP contribution in [0.25, 0.3) is 0 Å². The third kappa shape index (κ3) is 3.03. The van der Waals surface area contributed by atoms with Crippen molar-refractivity contribution >= 4 is 15.7 Å². The summed E-state index contributed by atoms with van der Waals surface area (Å²) in [5, 5.41) is -0.729. The Labute approximate surface area is 138 Å². The second kappa shape index (κ2) is 6.32. The minimum absolute atomic E-state index is 0.00707. The van der Waals surface area contributed by atoms with Crippen LogP contribution in [-0.4, -0.2) is 37.6 Å². The Morgan fingerprint density at radius 2 is 1.79 bits per heavy atom. The van der Waals surface area contributed by atoms with E-state index < -0.39 is 32.6 Å². The van der Waals surface area contributed by atoms with Crippen LogP contribution in [-0.2, 0) is 9.84 Å². The quantitative estimate of drug-likeness (QED) is 0.854. The van der Waals surface area contributed by atoms with E-state index in [0.29, 0.717) is 6.07 Å². The van der Waals surface area contributed by atoms with E-state index >= 15 is 0 Å². The average Bonchev–Trinajstić information content (AvgIpc) is 3.06. The minimum atomic E-state index is -3.55. The van der Waals surface area contributed by atoms with E-state index in [-0.39, 0.29) is 30.0 Å². The second-order valence-electron chi connectivity index (χ2n) is 5.64. The fourth-order valence-corrected chi connectivity index (χ4v) is 4.52. The maximum atomic E-state index is 13.7. The standard InChI is InChI=1S/C17H15F2NO3S/c18-12-6-7-15(16(19)10-12)17(21)20-9-8-14(11-20)24(22,23)13-4-2-1-3-5-13/h1-7,10,14H,8-9,11H2. The van der Waals surface area contributed by atoms with Crippen molar-refractivity contribution in [1.29, 1.82) is 0 Å². The Morgan fingerprint density at radius 3 is 2.46 bits per heavy atom. The summed E-state index contributed by atoms with van der Waals surface area (Å²) in [5.74, 6) is -2.34. The number of halogens is 2. The molecule has 0 bridgehead atoms. The number of likely N-dealkylation sites (tertiary alicyclic amines) is 1. The molecule has 1 unspecified atom stereocenters. The van der Waals surface area contributed by atoms with E-state index in [2.05, 4.69) is 0 Å². The highest BCUT2D eigenvalue weighted by Crippen LogP contribution is 2.25. The topological polar surface area (TPSA) is 54.5 Å². The smallest absolute Gasteiger partial charge is 0.256 e. The molecule has 7 heteroatoms. The molecule has 1 heterocycles. The number of sulfone groups is 1. The second-order valence-corrected chi connectivity index (χ2v) is 7.87. The molecule has 2 aromatic carbocycles. The molecule has 126 valence electrons. The van der Waals surface area contributed by atoms with Gasteiger partial charge in [-0.1, -0.05) is 18.2 Å². The van der Waals surface area contributed by atoms with Crippen molar-refractivity contribution in [2.75, 3.05) is 13.1 Å². The van der Waals surface area contributed by atoms with E-state index in [1.807, 2.05) is 0 Å². The first kappa shape index (κ1) is 16.6. The highest BCUT2D eigenvalue weighted by atomic mass is 32.2. The lowest BCUT2D eigenvalue weighted by Gasteiger charge is -2.17. The zero-order chi connectivity index (χ0) is 17.3. The van der Waals surface area contributed by atoms with Crippen molar-refractivity contribution < 1.29 is 22.0 Å². The van der Waals surface area contributed by atoms with Gasteiger partial charge >= 0.3 is 0 Å². The Balaban J connectivity index is 1.79. The van der Waals surface area contributed by atoms with Crippen LogP contribution in [0, 0.1) is 11.6 Å². The van der Waals surface area contributed by atoms with Crippen molar-refractivity contribution in [2.24, 2.45) is 0 Å². The van der Waals surface area contributed by atoms with E-state index in [1.54, 1.807) is 18.2 Å². The maximum absolute atomic E-state index is 13.7. The van der Waals surface area contributed by atoms with Gasteiger partial charge in [0.15, 0.2) is 9.84 Å². The summed E-state index contributed by atoms with van der Waals surface area (Å²) in [5.41, 5.74) is -0.255. The molecule has 1 fully saturated rings. The molecule has 1 amide bonds. The van der Waals surface area contributed by atoms with E-state index in [9.17, 15) is 22.0 Å². The number of rotatable bonds is 3. The number of nitrogens with zero attached hydrogens (tertiary/aromatic N) is 1. The predicted octanol–water partition coefficient (Wildman–Crippen LogP) is 2.65. The van der Waals surface area contributed by atoms with Crippen LogP contribution in [0.15, 0.2) is 53.4 Å². The molecule has 4 nitrogen and oxygen atoms in total. The van der Waals surface area contributed by atoms with Gasteiger partial charge in [0.05, 0.1) is 15.7 Å². The molecule has 1 saturated heterocycles. The molecule has 2 aromatic rings. The molecular formula is C17H15F2NO3S. The zero-order valence-electron chi connectivity index (χ0n) is 12.7. The molecule has 0 N–H and O–H groups in total. The summed E-state index contributed by atoms with van der Waals surface area (Å²) in [6, 6.07) is 10.7. The summed E-state index contributed by atoms with van der Waals surface area (Å²) < 4.78 is 51.9. The molecule has 24 heavy (non-hydrogen) atoms. The van der Waals surface area contributed by atoms with Crippen molar-refractivity contribution in [1.82, 2.24) is 4.90 Å². The predicted molar refractivity (Wildman–Crippen MR) is 84.3 cm³/mol. The third-order valence-electron chi connectivity index (χ3n) is 4.10. The van der Waals surface area contributed by atoms with E-state index in [1.165, 1.54) is 17.0 Å². The van der Waals surface area contributed by atoms with Crippen LogP contribution >= 0.6 is 0 Å². The van der Waals surface area contributed by atoms with Gasteiger partial charge in [-0.15, -0.1) is 0 Å². The summed E-state index contributed by atoms with van der Waals surface area (Å²) in [6.07, 6.45) is 0.284. The van der Waals surface area contributed by atoms with E-state index in [0.717, 1.165) is 12.1 Å². The lowest BCUT2D eigenvalue weighted by Crippen LogP contribution is -2.32. The van der Waals surface area contributed by atoms with Gasteiger partial charge in [-0.2, -0.15) is 0 Å². The molecule has 0 saturated carbocycles. The summed E-state index contributed by atoms with van der Waals surface area (Å²) >= 11 is 0.